The number of fused-ring (bicyclic) bond motifs is 15. The van der Waals surface area contributed by atoms with Gasteiger partial charge in [-0.25, -0.2) is 0 Å². The summed E-state index contributed by atoms with van der Waals surface area (Å²) in [6, 6.07) is 72.8. The third-order valence-corrected chi connectivity index (χ3v) is 12.2. The maximum Gasteiger partial charge on any atom is 0.0725 e. The molecule has 244 valence electrons. The average molecular weight is 669 g/mol. The van der Waals surface area contributed by atoms with E-state index in [0.29, 0.717) is 0 Å². The maximum absolute atomic E-state index is 2.53. The monoisotopic (exact) mass is 668 g/mol. The van der Waals surface area contributed by atoms with Crippen LogP contribution in [-0.2, 0) is 5.41 Å². The van der Waals surface area contributed by atoms with Gasteiger partial charge in [0, 0.05) is 0 Å². The Labute approximate surface area is 308 Å². The van der Waals surface area contributed by atoms with Gasteiger partial charge in [-0.1, -0.05) is 176 Å². The van der Waals surface area contributed by atoms with Crippen molar-refractivity contribution in [2.75, 3.05) is 0 Å². The number of benzene rings is 10. The molecule has 10 aromatic rings. The zero-order valence-corrected chi connectivity index (χ0v) is 29.0. The molecule has 0 heterocycles. The molecule has 53 heavy (non-hydrogen) atoms. The Bertz CT molecular complexity index is 3060. The van der Waals surface area contributed by atoms with Gasteiger partial charge in [-0.3, -0.25) is 0 Å². The SMILES string of the molecule is c1ccc(-c2c3ccccc3c(-c3ccc4cc5c(cc4c3)C3(c4ccccc4-c4ccccc43)c3ccc4ccccc4c3-5)c3ccccc23)cc1. The topological polar surface area (TPSA) is 0 Å². The first-order valence-electron chi connectivity index (χ1n) is 18.6. The van der Waals surface area contributed by atoms with Crippen molar-refractivity contribution >= 4 is 43.1 Å². The van der Waals surface area contributed by atoms with E-state index in [1.54, 1.807) is 0 Å². The van der Waals surface area contributed by atoms with Gasteiger partial charge in [-0.15, -0.1) is 0 Å². The molecule has 10 aromatic carbocycles. The molecule has 2 aliphatic rings. The minimum atomic E-state index is -0.400. The molecular formula is C53H32. The van der Waals surface area contributed by atoms with E-state index in [1.807, 2.05) is 0 Å². The minimum Gasteiger partial charge on any atom is -0.0622 e. The largest absolute Gasteiger partial charge is 0.0725 e. The molecule has 0 amide bonds. The Kier molecular flexibility index (Phi) is 5.80. The van der Waals surface area contributed by atoms with Crippen molar-refractivity contribution in [1.82, 2.24) is 0 Å². The van der Waals surface area contributed by atoms with E-state index in [2.05, 4.69) is 194 Å². The summed E-state index contributed by atoms with van der Waals surface area (Å²) in [4.78, 5) is 0. The Hall–Kier alpha value is -6.76. The van der Waals surface area contributed by atoms with E-state index in [1.165, 1.54) is 110 Å². The van der Waals surface area contributed by atoms with Gasteiger partial charge in [0.1, 0.15) is 0 Å². The van der Waals surface area contributed by atoms with Crippen molar-refractivity contribution < 1.29 is 0 Å². The molecule has 0 heteroatoms. The van der Waals surface area contributed by atoms with Crippen LogP contribution in [0.5, 0.6) is 0 Å². The van der Waals surface area contributed by atoms with E-state index in [0.717, 1.165) is 0 Å². The molecule has 12 rings (SSSR count). The van der Waals surface area contributed by atoms with Crippen molar-refractivity contribution in [3.05, 3.63) is 216 Å². The van der Waals surface area contributed by atoms with Gasteiger partial charge >= 0.3 is 0 Å². The van der Waals surface area contributed by atoms with Gasteiger partial charge in [-0.2, -0.15) is 0 Å². The molecule has 0 radical (unpaired) electrons. The molecule has 0 unspecified atom stereocenters. The summed E-state index contributed by atoms with van der Waals surface area (Å²) < 4.78 is 0. The highest BCUT2D eigenvalue weighted by molar-refractivity contribution is 6.22. The third kappa shape index (κ3) is 3.75. The highest BCUT2D eigenvalue weighted by Gasteiger charge is 2.52. The Balaban J connectivity index is 1.18. The van der Waals surface area contributed by atoms with Crippen molar-refractivity contribution in [3.63, 3.8) is 0 Å². The predicted molar refractivity (Wildman–Crippen MR) is 224 cm³/mol. The number of rotatable bonds is 2. The zero-order valence-electron chi connectivity index (χ0n) is 29.0. The Morgan fingerprint density at radius 1 is 0.245 bits per heavy atom. The van der Waals surface area contributed by atoms with Crippen molar-refractivity contribution in [2.24, 2.45) is 0 Å². The standard InChI is InChI=1S/C53H32/c1-2-15-34(16-3-1)50-41-20-6-8-22-43(41)51(44-23-9-7-21-42(44)50)36-27-26-35-31-45-49(32-37(35)30-36)53(48-29-28-33-14-4-5-17-38(33)52(45)48)46-24-12-10-18-39(46)40-19-11-13-25-47(40)53/h1-32H. The minimum absolute atomic E-state index is 0.400. The van der Waals surface area contributed by atoms with Crippen LogP contribution in [0.15, 0.2) is 194 Å². The summed E-state index contributed by atoms with van der Waals surface area (Å²) in [7, 11) is 0. The summed E-state index contributed by atoms with van der Waals surface area (Å²) in [5.74, 6) is 0. The predicted octanol–water partition coefficient (Wildman–Crippen LogP) is 14.0. The van der Waals surface area contributed by atoms with E-state index in [4.69, 9.17) is 0 Å². The molecule has 0 saturated carbocycles. The number of hydrogen-bond acceptors (Lipinski definition) is 0. The van der Waals surface area contributed by atoms with Crippen LogP contribution < -0.4 is 0 Å². The second kappa shape index (κ2) is 10.6. The van der Waals surface area contributed by atoms with Crippen LogP contribution in [0, 0.1) is 0 Å². The van der Waals surface area contributed by atoms with Gasteiger partial charge in [0.25, 0.3) is 0 Å². The summed E-state index contributed by atoms with van der Waals surface area (Å²) in [5.41, 5.74) is 15.6. The number of hydrogen-bond donors (Lipinski definition) is 0. The smallest absolute Gasteiger partial charge is 0.0622 e. The molecule has 1 spiro atoms. The first-order chi connectivity index (χ1) is 26.3. The average Bonchev–Trinajstić information content (AvgIpc) is 3.69. The molecule has 0 nitrogen and oxygen atoms in total. The van der Waals surface area contributed by atoms with Gasteiger partial charge in [0.15, 0.2) is 0 Å². The van der Waals surface area contributed by atoms with Crippen molar-refractivity contribution in [3.8, 4) is 44.5 Å². The zero-order chi connectivity index (χ0) is 34.7. The molecule has 0 aromatic heterocycles. The normalized spacial score (nSPS) is 13.4. The second-order valence-electron chi connectivity index (χ2n) is 14.7. The fraction of sp³-hybridized carbons (Fsp3) is 0.0189. The van der Waals surface area contributed by atoms with Gasteiger partial charge < -0.3 is 0 Å². The van der Waals surface area contributed by atoms with E-state index >= 15 is 0 Å². The maximum atomic E-state index is 2.53. The van der Waals surface area contributed by atoms with Crippen LogP contribution in [0.2, 0.25) is 0 Å². The Morgan fingerprint density at radius 2 is 0.774 bits per heavy atom. The molecule has 2 aliphatic carbocycles. The van der Waals surface area contributed by atoms with Crippen LogP contribution >= 0.6 is 0 Å². The van der Waals surface area contributed by atoms with Gasteiger partial charge in [-0.05, 0) is 128 Å². The molecule has 0 aliphatic heterocycles. The third-order valence-electron chi connectivity index (χ3n) is 12.2. The molecular weight excluding hydrogens is 637 g/mol. The lowest BCUT2D eigenvalue weighted by molar-refractivity contribution is 0.795. The van der Waals surface area contributed by atoms with Crippen LogP contribution in [0.3, 0.4) is 0 Å². The Morgan fingerprint density at radius 3 is 1.43 bits per heavy atom. The lowest BCUT2D eigenvalue weighted by Gasteiger charge is -2.30. The highest BCUT2D eigenvalue weighted by Crippen LogP contribution is 2.64. The summed E-state index contributed by atoms with van der Waals surface area (Å²) in [5, 5.41) is 10.2. The summed E-state index contributed by atoms with van der Waals surface area (Å²) >= 11 is 0. The van der Waals surface area contributed by atoms with Crippen LogP contribution in [0.25, 0.3) is 87.6 Å². The fourth-order valence-corrected chi connectivity index (χ4v) is 10.2. The van der Waals surface area contributed by atoms with Gasteiger partial charge in [0.2, 0.25) is 0 Å². The van der Waals surface area contributed by atoms with Crippen LogP contribution in [0.4, 0.5) is 0 Å². The molecule has 0 fully saturated rings. The highest BCUT2D eigenvalue weighted by atomic mass is 14.5. The molecule has 0 bridgehead atoms. The van der Waals surface area contributed by atoms with Crippen LogP contribution in [0.1, 0.15) is 22.3 Å². The van der Waals surface area contributed by atoms with E-state index in [9.17, 15) is 0 Å². The first kappa shape index (κ1) is 28.9. The van der Waals surface area contributed by atoms with Gasteiger partial charge in [0.05, 0.1) is 5.41 Å². The van der Waals surface area contributed by atoms with Crippen LogP contribution in [-0.4, -0.2) is 0 Å². The fourth-order valence-electron chi connectivity index (χ4n) is 10.2. The molecule has 0 saturated heterocycles. The van der Waals surface area contributed by atoms with E-state index < -0.39 is 5.41 Å². The first-order valence-corrected chi connectivity index (χ1v) is 18.6. The van der Waals surface area contributed by atoms with E-state index in [-0.39, 0.29) is 0 Å². The lowest BCUT2D eigenvalue weighted by atomic mass is 9.70. The lowest BCUT2D eigenvalue weighted by Crippen LogP contribution is -2.25. The molecule has 0 atom stereocenters. The summed E-state index contributed by atoms with van der Waals surface area (Å²) in [6.07, 6.45) is 0. The summed E-state index contributed by atoms with van der Waals surface area (Å²) in [6.45, 7) is 0. The molecule has 0 N–H and O–H groups in total. The van der Waals surface area contributed by atoms with Crippen molar-refractivity contribution in [1.29, 1.82) is 0 Å². The second-order valence-corrected chi connectivity index (χ2v) is 14.7. The van der Waals surface area contributed by atoms with Crippen molar-refractivity contribution in [2.45, 2.75) is 5.41 Å². The quantitative estimate of drug-likeness (QED) is 0.161.